The van der Waals surface area contributed by atoms with E-state index in [0.29, 0.717) is 5.88 Å². The second kappa shape index (κ2) is 7.10. The molecule has 0 spiro atoms. The third-order valence-electron chi connectivity index (χ3n) is 3.53. The topological polar surface area (TPSA) is 47.6 Å². The zero-order valence-corrected chi connectivity index (χ0v) is 14.9. The van der Waals surface area contributed by atoms with Crippen LogP contribution in [0.25, 0.3) is 0 Å². The highest BCUT2D eigenvalue weighted by molar-refractivity contribution is 7.84. The largest absolute Gasteiger partial charge is 0.476 e. The van der Waals surface area contributed by atoms with Gasteiger partial charge in [-0.15, -0.1) is 11.6 Å². The Labute approximate surface area is 131 Å². The minimum atomic E-state index is -1.16. The maximum Gasteiger partial charge on any atom is 0.476 e. The summed E-state index contributed by atoms with van der Waals surface area (Å²) < 4.78 is 27.0. The van der Waals surface area contributed by atoms with E-state index in [0.717, 1.165) is 12.8 Å². The second-order valence-corrected chi connectivity index (χ2v) is 9.18. The van der Waals surface area contributed by atoms with Gasteiger partial charge in [0.2, 0.25) is 0 Å². The van der Waals surface area contributed by atoms with Gasteiger partial charge in [0.1, 0.15) is 0 Å². The number of hydrogen-bond donors (Lipinski definition) is 1. The van der Waals surface area contributed by atoms with Crippen LogP contribution in [0.5, 0.6) is 0 Å². The van der Waals surface area contributed by atoms with E-state index in [1.807, 2.05) is 41.5 Å². The Bertz CT molecular complexity index is 349. The van der Waals surface area contributed by atoms with Crippen molar-refractivity contribution in [1.29, 1.82) is 0 Å². The van der Waals surface area contributed by atoms with Crippen molar-refractivity contribution >= 4 is 29.7 Å². The third-order valence-corrected chi connectivity index (χ3v) is 5.43. The van der Waals surface area contributed by atoms with E-state index in [4.69, 9.17) is 20.9 Å². The highest BCUT2D eigenvalue weighted by Gasteiger charge is 2.47. The quantitative estimate of drug-likeness (QED) is 0.604. The maximum absolute atomic E-state index is 12.3. The molecule has 1 aliphatic heterocycles. The van der Waals surface area contributed by atoms with E-state index in [9.17, 15) is 4.21 Å². The molecule has 0 radical (unpaired) electrons. The summed E-state index contributed by atoms with van der Waals surface area (Å²) in [7, 11) is -1.54. The average Bonchev–Trinajstić information content (AvgIpc) is 2.57. The van der Waals surface area contributed by atoms with Crippen LogP contribution >= 0.6 is 11.6 Å². The molecule has 1 unspecified atom stereocenters. The van der Waals surface area contributed by atoms with Crippen molar-refractivity contribution in [2.45, 2.75) is 76.8 Å². The number of halogens is 1. The van der Waals surface area contributed by atoms with E-state index < -0.39 is 11.0 Å². The molecule has 0 bridgehead atoms. The summed E-state index contributed by atoms with van der Waals surface area (Å²) in [6.45, 7) is 11.8. The summed E-state index contributed by atoms with van der Waals surface area (Å²) in [4.78, 5) is 0. The van der Waals surface area contributed by atoms with Gasteiger partial charge < -0.3 is 9.31 Å². The van der Waals surface area contributed by atoms with E-state index in [2.05, 4.69) is 4.72 Å². The fourth-order valence-electron chi connectivity index (χ4n) is 1.83. The average molecular weight is 324 g/mol. The van der Waals surface area contributed by atoms with Gasteiger partial charge in [-0.1, -0.05) is 0 Å². The van der Waals surface area contributed by atoms with Crippen molar-refractivity contribution in [2.24, 2.45) is 0 Å². The van der Waals surface area contributed by atoms with Crippen molar-refractivity contribution in [3.63, 3.8) is 0 Å². The predicted octanol–water partition coefficient (Wildman–Crippen LogP) is 2.67. The first-order valence-electron chi connectivity index (χ1n) is 7.15. The first kappa shape index (κ1) is 18.4. The van der Waals surface area contributed by atoms with Gasteiger partial charge in [0.25, 0.3) is 0 Å². The van der Waals surface area contributed by atoms with E-state index in [1.165, 1.54) is 0 Å². The van der Waals surface area contributed by atoms with Gasteiger partial charge >= 0.3 is 7.12 Å². The molecule has 1 rings (SSSR count). The number of alkyl halides is 1. The third kappa shape index (κ3) is 4.99. The highest BCUT2D eigenvalue weighted by Crippen LogP contribution is 2.29. The molecule has 7 heteroatoms. The van der Waals surface area contributed by atoms with Gasteiger partial charge in [0.15, 0.2) is 0 Å². The van der Waals surface area contributed by atoms with Crippen molar-refractivity contribution in [3.8, 4) is 0 Å². The Morgan fingerprint density at radius 1 is 1.45 bits per heavy atom. The lowest BCUT2D eigenvalue weighted by Crippen LogP contribution is -2.49. The van der Waals surface area contributed by atoms with Gasteiger partial charge in [-0.05, 0) is 54.4 Å². The minimum Gasteiger partial charge on any atom is -0.405 e. The normalized spacial score (nSPS) is 25.8. The predicted molar refractivity (Wildman–Crippen MR) is 86.2 cm³/mol. The summed E-state index contributed by atoms with van der Waals surface area (Å²) in [5.74, 6) is 0.462. The fourth-order valence-corrected chi connectivity index (χ4v) is 2.84. The molecule has 1 saturated heterocycles. The molecule has 20 heavy (non-hydrogen) atoms. The van der Waals surface area contributed by atoms with Gasteiger partial charge in [-0.25, -0.2) is 8.93 Å². The first-order chi connectivity index (χ1) is 9.08. The zero-order valence-electron chi connectivity index (χ0n) is 13.4. The van der Waals surface area contributed by atoms with E-state index in [1.54, 1.807) is 0 Å². The molecule has 118 valence electrons. The molecule has 0 aromatic rings. The van der Waals surface area contributed by atoms with Crippen molar-refractivity contribution in [2.75, 3.05) is 5.88 Å². The summed E-state index contributed by atoms with van der Waals surface area (Å²) in [6.07, 6.45) is 1.62. The lowest BCUT2D eigenvalue weighted by molar-refractivity contribution is 0.0837. The highest BCUT2D eigenvalue weighted by atomic mass is 35.5. The van der Waals surface area contributed by atoms with Crippen LogP contribution in [-0.2, 0) is 20.3 Å². The molecule has 1 heterocycles. The molecule has 4 nitrogen and oxygen atoms in total. The smallest absolute Gasteiger partial charge is 0.405 e. The SMILES string of the molecule is CC1OB([C@H](CCCCl)N[S@](=O)C(C)(C)C)OC1(C)C. The maximum atomic E-state index is 12.3. The van der Waals surface area contributed by atoms with Crippen molar-refractivity contribution in [3.05, 3.63) is 0 Å². The Hall–Kier alpha value is 0.385. The van der Waals surface area contributed by atoms with E-state index in [-0.39, 0.29) is 29.5 Å². The van der Waals surface area contributed by atoms with Crippen LogP contribution in [-0.4, -0.2) is 39.6 Å². The molecule has 1 fully saturated rings. The molecular weight excluding hydrogens is 296 g/mol. The number of nitrogens with one attached hydrogen (secondary N) is 1. The Morgan fingerprint density at radius 2 is 2.05 bits per heavy atom. The van der Waals surface area contributed by atoms with Crippen LogP contribution in [0, 0.1) is 0 Å². The van der Waals surface area contributed by atoms with Gasteiger partial charge in [-0.2, -0.15) is 0 Å². The monoisotopic (exact) mass is 323 g/mol. The Kier molecular flexibility index (Phi) is 6.54. The van der Waals surface area contributed by atoms with Gasteiger partial charge in [-0.3, -0.25) is 0 Å². The van der Waals surface area contributed by atoms with Gasteiger partial charge in [0.05, 0.1) is 33.4 Å². The fraction of sp³-hybridized carbons (Fsp3) is 1.00. The molecule has 1 aliphatic rings. The lowest BCUT2D eigenvalue weighted by Gasteiger charge is -2.26. The van der Waals surface area contributed by atoms with Crippen molar-refractivity contribution < 1.29 is 13.5 Å². The number of rotatable bonds is 6. The van der Waals surface area contributed by atoms with Crippen LogP contribution < -0.4 is 4.72 Å². The summed E-state index contributed by atoms with van der Waals surface area (Å²) in [6, 6.07) is 0. The Balaban J connectivity index is 2.73. The van der Waals surface area contributed by atoms with Gasteiger partial charge in [0, 0.05) is 5.88 Å². The van der Waals surface area contributed by atoms with Crippen molar-refractivity contribution in [1.82, 2.24) is 4.72 Å². The first-order valence-corrected chi connectivity index (χ1v) is 8.83. The molecule has 0 saturated carbocycles. The summed E-state index contributed by atoms with van der Waals surface area (Å²) in [5, 5.41) is 0. The van der Waals surface area contributed by atoms with Crippen LogP contribution in [0.2, 0.25) is 0 Å². The zero-order chi connectivity index (χ0) is 15.6. The molecule has 0 aliphatic carbocycles. The molecule has 0 amide bonds. The van der Waals surface area contributed by atoms with Crippen LogP contribution in [0.4, 0.5) is 0 Å². The standard InChI is InChI=1S/C13H27BClNO3S/c1-10-13(5,6)19-14(18-10)11(8-7-9-15)16-20(17)12(2,3)4/h10-11,16H,7-9H2,1-6H3/t10?,11-,20+/m0/s1. The van der Waals surface area contributed by atoms with Crippen LogP contribution in [0.15, 0.2) is 0 Å². The molecule has 1 N–H and O–H groups in total. The lowest BCUT2D eigenvalue weighted by atomic mass is 9.76. The van der Waals surface area contributed by atoms with Crippen LogP contribution in [0.1, 0.15) is 54.4 Å². The number of hydrogen-bond acceptors (Lipinski definition) is 3. The Morgan fingerprint density at radius 3 is 2.45 bits per heavy atom. The minimum absolute atomic E-state index is 0.0101. The second-order valence-electron chi connectivity index (χ2n) is 6.80. The van der Waals surface area contributed by atoms with E-state index >= 15 is 0 Å². The summed E-state index contributed by atoms with van der Waals surface area (Å²) >= 11 is 5.78. The molecular formula is C13H27BClNO3S. The van der Waals surface area contributed by atoms with Crippen LogP contribution in [0.3, 0.4) is 0 Å². The molecule has 0 aromatic carbocycles. The summed E-state index contributed by atoms with van der Waals surface area (Å²) in [5.41, 5.74) is -0.325. The molecule has 0 aromatic heterocycles. The molecule has 3 atom stereocenters.